The van der Waals surface area contributed by atoms with Crippen molar-refractivity contribution in [1.82, 2.24) is 14.5 Å². The van der Waals surface area contributed by atoms with Gasteiger partial charge in [-0.15, -0.1) is 0 Å². The van der Waals surface area contributed by atoms with Gasteiger partial charge in [-0.2, -0.15) is 0 Å². The van der Waals surface area contributed by atoms with Crippen molar-refractivity contribution in [3.8, 4) is 39.1 Å². The molecule has 40 heavy (non-hydrogen) atoms. The van der Waals surface area contributed by atoms with Gasteiger partial charge in [0.25, 0.3) is 0 Å². The molecule has 1 aliphatic rings. The maximum atomic E-state index is 4.87. The maximum absolute atomic E-state index is 4.87. The van der Waals surface area contributed by atoms with Crippen molar-refractivity contribution < 1.29 is 0 Å². The largest absolute Gasteiger partial charge is 0.308 e. The summed E-state index contributed by atoms with van der Waals surface area (Å²) >= 11 is 0. The second-order valence-corrected chi connectivity index (χ2v) is 11.2. The number of rotatable bonds is 3. The number of hydrogen-bond acceptors (Lipinski definition) is 2. The lowest BCUT2D eigenvalue weighted by Gasteiger charge is -2.22. The normalized spacial score (nSPS) is 13.4. The molecule has 0 N–H and O–H groups in total. The minimum atomic E-state index is -0.113. The van der Waals surface area contributed by atoms with Gasteiger partial charge in [-0.3, -0.25) is 9.97 Å². The zero-order valence-corrected chi connectivity index (χ0v) is 22.5. The quantitative estimate of drug-likeness (QED) is 0.236. The molecule has 0 amide bonds. The zero-order chi connectivity index (χ0) is 26.8. The van der Waals surface area contributed by atoms with Gasteiger partial charge in [-0.1, -0.05) is 74.5 Å². The van der Waals surface area contributed by atoms with E-state index in [1.54, 1.807) is 0 Å². The van der Waals surface area contributed by atoms with E-state index in [0.717, 1.165) is 27.8 Å². The van der Waals surface area contributed by atoms with Crippen molar-refractivity contribution >= 4 is 21.9 Å². The van der Waals surface area contributed by atoms with Gasteiger partial charge in [0.2, 0.25) is 0 Å². The Morgan fingerprint density at radius 2 is 1.30 bits per heavy atom. The van der Waals surface area contributed by atoms with Crippen molar-refractivity contribution in [2.75, 3.05) is 0 Å². The molecule has 0 saturated heterocycles. The Hall–Kier alpha value is -5.02. The van der Waals surface area contributed by atoms with Crippen LogP contribution in [0.5, 0.6) is 0 Å². The highest BCUT2D eigenvalue weighted by Gasteiger charge is 2.36. The first-order chi connectivity index (χ1) is 19.6. The summed E-state index contributed by atoms with van der Waals surface area (Å²) in [6.07, 6.45) is 5.62. The molecule has 3 aromatic heterocycles. The van der Waals surface area contributed by atoms with E-state index >= 15 is 0 Å². The molecule has 0 unspecified atom stereocenters. The summed E-state index contributed by atoms with van der Waals surface area (Å²) in [7, 11) is 0. The molecule has 8 rings (SSSR count). The minimum absolute atomic E-state index is 0.113. The van der Waals surface area contributed by atoms with Gasteiger partial charge < -0.3 is 4.57 Å². The van der Waals surface area contributed by atoms with Crippen LogP contribution >= 0.6 is 0 Å². The number of nitrogens with zero attached hydrogens (tertiary/aromatic N) is 3. The van der Waals surface area contributed by atoms with E-state index in [2.05, 4.69) is 120 Å². The molecular formula is C37H27N3. The number of benzene rings is 4. The molecule has 3 nitrogen and oxygen atoms in total. The number of fused-ring (bicyclic) bond motifs is 6. The average molecular weight is 514 g/mol. The van der Waals surface area contributed by atoms with Crippen molar-refractivity contribution in [3.05, 3.63) is 139 Å². The Kier molecular flexibility index (Phi) is 4.86. The van der Waals surface area contributed by atoms with Gasteiger partial charge in [-0.05, 0) is 93.0 Å². The summed E-state index contributed by atoms with van der Waals surface area (Å²) in [6.45, 7) is 4.70. The Morgan fingerprint density at radius 3 is 2.10 bits per heavy atom. The molecule has 3 heteroatoms. The van der Waals surface area contributed by atoms with Gasteiger partial charge in [0.1, 0.15) is 0 Å². The van der Waals surface area contributed by atoms with Crippen LogP contribution in [0.3, 0.4) is 0 Å². The minimum Gasteiger partial charge on any atom is -0.308 e. The number of pyridine rings is 2. The number of aromatic nitrogens is 3. The van der Waals surface area contributed by atoms with E-state index in [0.29, 0.717) is 0 Å². The molecule has 0 radical (unpaired) electrons. The predicted octanol–water partition coefficient (Wildman–Crippen LogP) is 9.21. The van der Waals surface area contributed by atoms with Crippen LogP contribution in [0, 0.1) is 0 Å². The standard InChI is InChI=1S/C37H27N3/c1-37(2)32-20-26(24-8-4-3-5-9-24)14-17-29(32)30-22-35-31(21-33(30)37)36-34(11-7-19-39-36)40(35)28-15-12-25(13-16-28)27-10-6-18-38-23-27/h3-23H,1-2H3. The van der Waals surface area contributed by atoms with Crippen molar-refractivity contribution in [2.45, 2.75) is 19.3 Å². The van der Waals surface area contributed by atoms with E-state index in [1.165, 1.54) is 44.3 Å². The summed E-state index contributed by atoms with van der Waals surface area (Å²) in [5, 5.41) is 1.19. The molecule has 7 aromatic rings. The molecule has 0 saturated carbocycles. The van der Waals surface area contributed by atoms with Crippen LogP contribution in [0.15, 0.2) is 128 Å². The van der Waals surface area contributed by atoms with E-state index in [-0.39, 0.29) is 5.41 Å². The van der Waals surface area contributed by atoms with Gasteiger partial charge in [0.05, 0.1) is 16.6 Å². The summed E-state index contributed by atoms with van der Waals surface area (Å²) < 4.78 is 2.36. The smallest absolute Gasteiger partial charge is 0.0963 e. The Balaban J connectivity index is 1.34. The lowest BCUT2D eigenvalue weighted by atomic mass is 9.81. The third-order valence-corrected chi connectivity index (χ3v) is 8.54. The van der Waals surface area contributed by atoms with Crippen molar-refractivity contribution in [3.63, 3.8) is 0 Å². The van der Waals surface area contributed by atoms with E-state index in [4.69, 9.17) is 4.98 Å². The fraction of sp³-hybridized carbons (Fsp3) is 0.0811. The SMILES string of the molecule is CC1(C)c2cc(-c3ccccc3)ccc2-c2cc3c(cc21)c1ncccc1n3-c1ccc(-c2cccnc2)cc1. The predicted molar refractivity (Wildman–Crippen MR) is 165 cm³/mol. The highest BCUT2D eigenvalue weighted by Crippen LogP contribution is 2.51. The number of hydrogen-bond donors (Lipinski definition) is 0. The summed E-state index contributed by atoms with van der Waals surface area (Å²) in [5.41, 5.74) is 14.5. The fourth-order valence-electron chi connectivity index (χ4n) is 6.48. The van der Waals surface area contributed by atoms with E-state index in [1.807, 2.05) is 30.7 Å². The van der Waals surface area contributed by atoms with Crippen LogP contribution in [-0.2, 0) is 5.41 Å². The summed E-state index contributed by atoms with van der Waals surface area (Å²) in [4.78, 5) is 9.16. The molecule has 0 bridgehead atoms. The van der Waals surface area contributed by atoms with Crippen LogP contribution in [-0.4, -0.2) is 14.5 Å². The molecule has 190 valence electrons. The van der Waals surface area contributed by atoms with Crippen LogP contribution in [0.4, 0.5) is 0 Å². The zero-order valence-electron chi connectivity index (χ0n) is 22.5. The second kappa shape index (κ2) is 8.49. The first-order valence-electron chi connectivity index (χ1n) is 13.7. The van der Waals surface area contributed by atoms with Gasteiger partial charge >= 0.3 is 0 Å². The molecule has 0 atom stereocenters. The molecule has 0 fully saturated rings. The summed E-state index contributed by atoms with van der Waals surface area (Å²) in [5.74, 6) is 0. The molecule has 1 aliphatic carbocycles. The Morgan fingerprint density at radius 1 is 0.575 bits per heavy atom. The van der Waals surface area contributed by atoms with Gasteiger partial charge in [0.15, 0.2) is 0 Å². The highest BCUT2D eigenvalue weighted by atomic mass is 15.0. The topological polar surface area (TPSA) is 30.7 Å². The molecule has 0 spiro atoms. The lowest BCUT2D eigenvalue weighted by Crippen LogP contribution is -2.15. The van der Waals surface area contributed by atoms with Crippen molar-refractivity contribution in [2.24, 2.45) is 0 Å². The van der Waals surface area contributed by atoms with E-state index < -0.39 is 0 Å². The molecular weight excluding hydrogens is 486 g/mol. The van der Waals surface area contributed by atoms with Gasteiger partial charge in [-0.25, -0.2) is 0 Å². The second-order valence-electron chi connectivity index (χ2n) is 11.2. The van der Waals surface area contributed by atoms with Crippen LogP contribution in [0.2, 0.25) is 0 Å². The third kappa shape index (κ3) is 3.31. The Labute approximate surface area is 233 Å². The monoisotopic (exact) mass is 513 g/mol. The third-order valence-electron chi connectivity index (χ3n) is 8.54. The van der Waals surface area contributed by atoms with Crippen LogP contribution in [0.1, 0.15) is 25.0 Å². The first-order valence-corrected chi connectivity index (χ1v) is 13.7. The molecule has 3 heterocycles. The lowest BCUT2D eigenvalue weighted by molar-refractivity contribution is 0.661. The van der Waals surface area contributed by atoms with Crippen LogP contribution < -0.4 is 0 Å². The molecule has 4 aromatic carbocycles. The highest BCUT2D eigenvalue weighted by molar-refractivity contribution is 6.09. The molecule has 0 aliphatic heterocycles. The van der Waals surface area contributed by atoms with Gasteiger partial charge in [0, 0.05) is 35.1 Å². The maximum Gasteiger partial charge on any atom is 0.0963 e. The first kappa shape index (κ1) is 22.9. The van der Waals surface area contributed by atoms with E-state index in [9.17, 15) is 0 Å². The van der Waals surface area contributed by atoms with Crippen LogP contribution in [0.25, 0.3) is 61.0 Å². The fourth-order valence-corrected chi connectivity index (χ4v) is 6.48. The average Bonchev–Trinajstić information content (AvgIpc) is 3.45. The van der Waals surface area contributed by atoms with Crippen molar-refractivity contribution in [1.29, 1.82) is 0 Å². The summed E-state index contributed by atoms with van der Waals surface area (Å²) in [6, 6.07) is 39.4. The Bertz CT molecular complexity index is 2050.